The highest BCUT2D eigenvalue weighted by atomic mass is 32.1. The summed E-state index contributed by atoms with van der Waals surface area (Å²) in [5, 5.41) is 6.47. The van der Waals surface area contributed by atoms with Crippen molar-refractivity contribution < 1.29 is 4.74 Å². The number of hydrogen-bond donors (Lipinski definition) is 1. The number of ether oxygens (including phenoxy) is 1. The number of methoxy groups -OCH3 is 1. The van der Waals surface area contributed by atoms with Gasteiger partial charge in [0.1, 0.15) is 5.01 Å². The van der Waals surface area contributed by atoms with Crippen molar-refractivity contribution in [3.8, 4) is 10.6 Å². The number of thiazole rings is 1. The molecule has 1 aromatic heterocycles. The first-order valence-corrected chi connectivity index (χ1v) is 6.88. The van der Waals surface area contributed by atoms with Gasteiger partial charge in [0.25, 0.3) is 0 Å². The van der Waals surface area contributed by atoms with E-state index in [-0.39, 0.29) is 12.1 Å². The van der Waals surface area contributed by atoms with Crippen molar-refractivity contribution in [2.24, 2.45) is 0 Å². The maximum absolute atomic E-state index is 5.30. The first-order chi connectivity index (χ1) is 8.70. The minimum atomic E-state index is 0.184. The Bertz CT molecular complexity index is 467. The van der Waals surface area contributed by atoms with Crippen LogP contribution in [0.3, 0.4) is 0 Å². The molecule has 1 N–H and O–H groups in total. The van der Waals surface area contributed by atoms with Gasteiger partial charge in [0.05, 0.1) is 6.10 Å². The minimum Gasteiger partial charge on any atom is -0.380 e. The number of hydrogen-bond acceptors (Lipinski definition) is 4. The number of anilines is 1. The molecule has 0 aliphatic rings. The van der Waals surface area contributed by atoms with Crippen LogP contribution >= 0.6 is 11.3 Å². The molecule has 96 valence electrons. The highest BCUT2D eigenvalue weighted by Crippen LogP contribution is 2.23. The van der Waals surface area contributed by atoms with E-state index in [9.17, 15) is 0 Å². The summed E-state index contributed by atoms with van der Waals surface area (Å²) >= 11 is 1.65. The Kier molecular flexibility index (Phi) is 4.33. The number of aromatic nitrogens is 1. The van der Waals surface area contributed by atoms with Crippen LogP contribution in [0.5, 0.6) is 0 Å². The van der Waals surface area contributed by atoms with Crippen LogP contribution in [0, 0.1) is 0 Å². The molecular formula is C14H18N2OS. The summed E-state index contributed by atoms with van der Waals surface area (Å²) in [6.45, 7) is 4.17. The van der Waals surface area contributed by atoms with Gasteiger partial charge in [0.2, 0.25) is 0 Å². The normalized spacial score (nSPS) is 14.2. The predicted molar refractivity (Wildman–Crippen MR) is 77.1 cm³/mol. The van der Waals surface area contributed by atoms with Crippen molar-refractivity contribution in [1.29, 1.82) is 0 Å². The molecule has 4 heteroatoms. The van der Waals surface area contributed by atoms with Crippen LogP contribution in [0.25, 0.3) is 10.6 Å². The van der Waals surface area contributed by atoms with E-state index >= 15 is 0 Å². The van der Waals surface area contributed by atoms with E-state index in [0.29, 0.717) is 0 Å². The quantitative estimate of drug-likeness (QED) is 0.893. The predicted octanol–water partition coefficient (Wildman–Crippen LogP) is 3.65. The molecule has 0 saturated heterocycles. The third kappa shape index (κ3) is 3.09. The van der Waals surface area contributed by atoms with Crippen molar-refractivity contribution in [3.63, 3.8) is 0 Å². The molecule has 18 heavy (non-hydrogen) atoms. The van der Waals surface area contributed by atoms with E-state index in [0.717, 1.165) is 16.3 Å². The van der Waals surface area contributed by atoms with E-state index in [4.69, 9.17) is 4.74 Å². The molecule has 3 nitrogen and oxygen atoms in total. The van der Waals surface area contributed by atoms with E-state index in [2.05, 4.69) is 48.4 Å². The summed E-state index contributed by atoms with van der Waals surface area (Å²) in [7, 11) is 1.73. The van der Waals surface area contributed by atoms with Gasteiger partial charge in [-0.25, -0.2) is 4.98 Å². The minimum absolute atomic E-state index is 0.184. The summed E-state index contributed by atoms with van der Waals surface area (Å²) in [5.41, 5.74) is 2.26. The molecule has 2 aromatic rings. The lowest BCUT2D eigenvalue weighted by Gasteiger charge is -2.21. The maximum atomic E-state index is 5.30. The van der Waals surface area contributed by atoms with Crippen LogP contribution in [-0.4, -0.2) is 24.2 Å². The largest absolute Gasteiger partial charge is 0.380 e. The number of nitrogens with one attached hydrogen (secondary N) is 1. The van der Waals surface area contributed by atoms with Gasteiger partial charge in [0, 0.05) is 36.0 Å². The molecule has 0 bridgehead atoms. The number of benzene rings is 1. The molecule has 0 saturated carbocycles. The van der Waals surface area contributed by atoms with Gasteiger partial charge in [-0.3, -0.25) is 0 Å². The third-order valence-electron chi connectivity index (χ3n) is 3.03. The molecule has 0 aliphatic carbocycles. The lowest BCUT2D eigenvalue weighted by Crippen LogP contribution is -2.29. The Hall–Kier alpha value is -1.39. The van der Waals surface area contributed by atoms with E-state index in [1.807, 2.05) is 11.6 Å². The van der Waals surface area contributed by atoms with Crippen molar-refractivity contribution in [1.82, 2.24) is 4.98 Å². The Morgan fingerprint density at radius 2 is 1.94 bits per heavy atom. The lowest BCUT2D eigenvalue weighted by atomic mass is 10.1. The topological polar surface area (TPSA) is 34.1 Å². The molecule has 0 radical (unpaired) electrons. The summed E-state index contributed by atoms with van der Waals surface area (Å²) in [6.07, 6.45) is 2.01. The Labute approximate surface area is 112 Å². The highest BCUT2D eigenvalue weighted by molar-refractivity contribution is 7.13. The molecule has 0 spiro atoms. The molecule has 0 amide bonds. The summed E-state index contributed by atoms with van der Waals surface area (Å²) in [4.78, 5) is 4.30. The highest BCUT2D eigenvalue weighted by Gasteiger charge is 2.10. The fraction of sp³-hybridized carbons (Fsp3) is 0.357. The lowest BCUT2D eigenvalue weighted by molar-refractivity contribution is 0.106. The Morgan fingerprint density at radius 3 is 2.50 bits per heavy atom. The summed E-state index contributed by atoms with van der Waals surface area (Å²) in [6, 6.07) is 8.61. The van der Waals surface area contributed by atoms with Crippen molar-refractivity contribution >= 4 is 17.0 Å². The second-order valence-corrected chi connectivity index (χ2v) is 5.18. The van der Waals surface area contributed by atoms with Crippen LogP contribution < -0.4 is 5.32 Å². The Balaban J connectivity index is 2.04. The average molecular weight is 262 g/mol. The van der Waals surface area contributed by atoms with Gasteiger partial charge in [0.15, 0.2) is 0 Å². The molecule has 1 aromatic carbocycles. The van der Waals surface area contributed by atoms with Crippen LogP contribution in [-0.2, 0) is 4.74 Å². The number of rotatable bonds is 5. The van der Waals surface area contributed by atoms with Crippen molar-refractivity contribution in [3.05, 3.63) is 35.8 Å². The second-order valence-electron chi connectivity index (χ2n) is 4.29. The van der Waals surface area contributed by atoms with Gasteiger partial charge >= 0.3 is 0 Å². The zero-order valence-corrected chi connectivity index (χ0v) is 11.7. The van der Waals surface area contributed by atoms with Crippen molar-refractivity contribution in [2.75, 3.05) is 12.4 Å². The smallest absolute Gasteiger partial charge is 0.123 e. The summed E-state index contributed by atoms with van der Waals surface area (Å²) in [5.74, 6) is 0. The van der Waals surface area contributed by atoms with Crippen LogP contribution in [0.2, 0.25) is 0 Å². The molecule has 2 unspecified atom stereocenters. The monoisotopic (exact) mass is 262 g/mol. The van der Waals surface area contributed by atoms with Crippen LogP contribution in [0.1, 0.15) is 13.8 Å². The molecule has 0 fully saturated rings. The van der Waals surface area contributed by atoms with Gasteiger partial charge in [-0.15, -0.1) is 11.3 Å². The molecule has 2 atom stereocenters. The first kappa shape index (κ1) is 13.1. The zero-order valence-electron chi connectivity index (χ0n) is 10.9. The standard InChI is InChI=1S/C14H18N2OS/c1-10(11(2)17-3)16-13-6-4-12(5-7-13)14-15-8-9-18-14/h4-11,16H,1-3H3. The van der Waals surface area contributed by atoms with E-state index in [1.165, 1.54) is 0 Å². The molecule has 1 heterocycles. The van der Waals surface area contributed by atoms with E-state index < -0.39 is 0 Å². The van der Waals surface area contributed by atoms with Gasteiger partial charge in [-0.05, 0) is 38.1 Å². The van der Waals surface area contributed by atoms with Gasteiger partial charge < -0.3 is 10.1 Å². The van der Waals surface area contributed by atoms with Crippen LogP contribution in [0.4, 0.5) is 5.69 Å². The number of nitrogens with zero attached hydrogens (tertiary/aromatic N) is 1. The molecular weight excluding hydrogens is 244 g/mol. The maximum Gasteiger partial charge on any atom is 0.123 e. The molecule has 0 aliphatic heterocycles. The van der Waals surface area contributed by atoms with E-state index in [1.54, 1.807) is 18.4 Å². The fourth-order valence-electron chi connectivity index (χ4n) is 1.66. The van der Waals surface area contributed by atoms with Gasteiger partial charge in [-0.1, -0.05) is 0 Å². The molecule has 2 rings (SSSR count). The fourth-order valence-corrected chi connectivity index (χ4v) is 2.30. The SMILES string of the molecule is COC(C)C(C)Nc1ccc(-c2nccs2)cc1. The Morgan fingerprint density at radius 1 is 1.22 bits per heavy atom. The van der Waals surface area contributed by atoms with Crippen LogP contribution in [0.15, 0.2) is 35.8 Å². The average Bonchev–Trinajstić information content (AvgIpc) is 2.92. The second kappa shape index (κ2) is 5.98. The zero-order chi connectivity index (χ0) is 13.0. The third-order valence-corrected chi connectivity index (χ3v) is 3.86. The summed E-state index contributed by atoms with van der Waals surface area (Å²) < 4.78 is 5.30. The van der Waals surface area contributed by atoms with Crippen molar-refractivity contribution in [2.45, 2.75) is 26.0 Å². The van der Waals surface area contributed by atoms with Gasteiger partial charge in [-0.2, -0.15) is 0 Å². The first-order valence-electron chi connectivity index (χ1n) is 6.00.